The molecule has 2 aromatic rings. The lowest BCUT2D eigenvalue weighted by Gasteiger charge is -2.16. The zero-order chi connectivity index (χ0) is 21.9. The number of carbonyl (C=O) groups excluding carboxylic acids is 2. The molecule has 1 atom stereocenters. The summed E-state index contributed by atoms with van der Waals surface area (Å²) in [6.45, 7) is 1.84. The first-order valence-electron chi connectivity index (χ1n) is 9.63. The van der Waals surface area contributed by atoms with Crippen LogP contribution in [0.2, 0.25) is 0 Å². The fourth-order valence-electron chi connectivity index (χ4n) is 3.38. The topological polar surface area (TPSA) is 104 Å². The van der Waals surface area contributed by atoms with Gasteiger partial charge in [0.2, 0.25) is 10.0 Å². The third kappa shape index (κ3) is 4.85. The largest absolute Gasteiger partial charge is 0.505 e. The van der Waals surface area contributed by atoms with Crippen LogP contribution in [-0.4, -0.2) is 42.5 Å². The average molecular weight is 434 g/mol. The molecule has 0 radical (unpaired) electrons. The minimum absolute atomic E-state index is 0.118. The fourth-order valence-corrected chi connectivity index (χ4v) is 4.75. The van der Waals surface area contributed by atoms with Crippen LogP contribution in [0.1, 0.15) is 58.5 Å². The molecule has 0 aromatic heterocycles. The molecule has 0 bridgehead atoms. The van der Waals surface area contributed by atoms with Gasteiger partial charge in [0.05, 0.1) is 16.9 Å². The van der Waals surface area contributed by atoms with E-state index in [0.29, 0.717) is 36.0 Å². The third-order valence-corrected chi connectivity index (χ3v) is 6.54. The van der Waals surface area contributed by atoms with E-state index in [4.69, 9.17) is 0 Å². The molecular formula is C21H23FN2O5S. The zero-order valence-corrected chi connectivity index (χ0v) is 17.3. The minimum Gasteiger partial charge on any atom is -0.505 e. The van der Waals surface area contributed by atoms with Crippen molar-refractivity contribution in [3.8, 4) is 5.75 Å². The number of carbonyl (C=O) groups is 2. The van der Waals surface area contributed by atoms with Gasteiger partial charge in [0.1, 0.15) is 0 Å². The number of hydrogen-bond donors (Lipinski definition) is 2. The Bertz CT molecular complexity index is 1040. The molecule has 9 heteroatoms. The molecule has 0 aliphatic carbocycles. The molecule has 0 saturated carbocycles. The predicted octanol–water partition coefficient (Wildman–Crippen LogP) is 2.98. The van der Waals surface area contributed by atoms with E-state index in [-0.39, 0.29) is 24.1 Å². The number of imide groups is 1. The number of nitrogens with zero attached hydrogens (tertiary/aromatic N) is 1. The van der Waals surface area contributed by atoms with E-state index in [1.807, 2.05) is 0 Å². The summed E-state index contributed by atoms with van der Waals surface area (Å²) in [5.41, 5.74) is 1.24. The number of phenolic OH excluding ortho intramolecular Hbond substituents is 1. The van der Waals surface area contributed by atoms with E-state index in [1.54, 1.807) is 31.2 Å². The Morgan fingerprint density at radius 1 is 1.03 bits per heavy atom. The highest BCUT2D eigenvalue weighted by atomic mass is 32.2. The summed E-state index contributed by atoms with van der Waals surface area (Å²) < 4.78 is 40.2. The van der Waals surface area contributed by atoms with Crippen molar-refractivity contribution in [2.75, 3.05) is 12.3 Å². The smallest absolute Gasteiger partial charge is 0.261 e. The van der Waals surface area contributed by atoms with Gasteiger partial charge in [-0.25, -0.2) is 17.5 Å². The second-order valence-corrected chi connectivity index (χ2v) is 9.11. The summed E-state index contributed by atoms with van der Waals surface area (Å²) >= 11 is 0. The first kappa shape index (κ1) is 21.9. The quantitative estimate of drug-likeness (QED) is 0.466. The number of unbranched alkanes of at least 4 members (excludes halogenated alkanes) is 2. The number of sulfonamides is 1. The highest BCUT2D eigenvalue weighted by molar-refractivity contribution is 7.89. The molecule has 0 fully saturated rings. The van der Waals surface area contributed by atoms with Gasteiger partial charge in [0.25, 0.3) is 11.8 Å². The van der Waals surface area contributed by atoms with Crippen molar-refractivity contribution in [1.82, 2.24) is 9.62 Å². The normalized spacial score (nSPS) is 14.8. The SMILES string of the molecule is CC(NS(=O)(=O)CCCCCN1C(=O)c2ccccc2C1=O)c1ccc(F)c(O)c1. The number of phenols is 1. The average Bonchev–Trinajstić information content (AvgIpc) is 2.94. The molecule has 1 heterocycles. The first-order valence-corrected chi connectivity index (χ1v) is 11.3. The van der Waals surface area contributed by atoms with E-state index in [2.05, 4.69) is 4.72 Å². The Hall–Kier alpha value is -2.78. The summed E-state index contributed by atoms with van der Waals surface area (Å²) in [6.07, 6.45) is 1.39. The molecule has 2 aromatic carbocycles. The van der Waals surface area contributed by atoms with Crippen molar-refractivity contribution in [3.63, 3.8) is 0 Å². The fraction of sp³-hybridized carbons (Fsp3) is 0.333. The third-order valence-electron chi connectivity index (χ3n) is 5.00. The summed E-state index contributed by atoms with van der Waals surface area (Å²) in [4.78, 5) is 25.8. The molecule has 1 aliphatic heterocycles. The summed E-state index contributed by atoms with van der Waals surface area (Å²) in [5.74, 6) is -2.06. The second kappa shape index (κ2) is 8.93. The second-order valence-electron chi connectivity index (χ2n) is 7.24. The molecule has 0 spiro atoms. The Morgan fingerprint density at radius 2 is 1.67 bits per heavy atom. The first-order chi connectivity index (χ1) is 14.2. The molecule has 0 saturated heterocycles. The van der Waals surface area contributed by atoms with Gasteiger partial charge in [-0.2, -0.15) is 0 Å². The van der Waals surface area contributed by atoms with Gasteiger partial charge < -0.3 is 5.11 Å². The van der Waals surface area contributed by atoms with Gasteiger partial charge in [-0.3, -0.25) is 14.5 Å². The molecular weight excluding hydrogens is 411 g/mol. The molecule has 160 valence electrons. The molecule has 7 nitrogen and oxygen atoms in total. The number of hydrogen-bond acceptors (Lipinski definition) is 5. The van der Waals surface area contributed by atoms with E-state index in [0.717, 1.165) is 6.07 Å². The number of amides is 2. The van der Waals surface area contributed by atoms with Gasteiger partial charge >= 0.3 is 0 Å². The van der Waals surface area contributed by atoms with Gasteiger partial charge in [0, 0.05) is 12.6 Å². The van der Waals surface area contributed by atoms with Crippen LogP contribution in [-0.2, 0) is 10.0 Å². The summed E-state index contributed by atoms with van der Waals surface area (Å²) in [6, 6.07) is 9.70. The monoisotopic (exact) mass is 434 g/mol. The Balaban J connectivity index is 1.44. The van der Waals surface area contributed by atoms with Crippen molar-refractivity contribution in [2.45, 2.75) is 32.2 Å². The number of halogens is 1. The van der Waals surface area contributed by atoms with E-state index < -0.39 is 27.6 Å². The lowest BCUT2D eigenvalue weighted by Crippen LogP contribution is -2.31. The van der Waals surface area contributed by atoms with Crippen LogP contribution in [0.4, 0.5) is 4.39 Å². The molecule has 2 amide bonds. The molecule has 2 N–H and O–H groups in total. The molecule has 3 rings (SSSR count). The minimum atomic E-state index is -3.59. The zero-order valence-electron chi connectivity index (χ0n) is 16.5. The van der Waals surface area contributed by atoms with Gasteiger partial charge in [-0.05, 0) is 49.6 Å². The summed E-state index contributed by atoms with van der Waals surface area (Å²) in [5, 5.41) is 9.43. The molecule has 1 unspecified atom stereocenters. The maximum absolute atomic E-state index is 13.1. The summed E-state index contributed by atoms with van der Waals surface area (Å²) in [7, 11) is -3.59. The van der Waals surface area contributed by atoms with E-state index in [9.17, 15) is 27.5 Å². The van der Waals surface area contributed by atoms with Crippen LogP contribution in [0.15, 0.2) is 42.5 Å². The van der Waals surface area contributed by atoms with Crippen LogP contribution >= 0.6 is 0 Å². The highest BCUT2D eigenvalue weighted by Gasteiger charge is 2.34. The number of fused-ring (bicyclic) bond motifs is 1. The van der Waals surface area contributed by atoms with Crippen molar-refractivity contribution >= 4 is 21.8 Å². The molecule has 1 aliphatic rings. The number of aromatic hydroxyl groups is 1. The van der Waals surface area contributed by atoms with Crippen molar-refractivity contribution < 1.29 is 27.5 Å². The van der Waals surface area contributed by atoms with Crippen LogP contribution in [0.25, 0.3) is 0 Å². The lowest BCUT2D eigenvalue weighted by molar-refractivity contribution is 0.0651. The standard InChI is InChI=1S/C21H23FN2O5S/c1-14(15-9-10-18(22)19(25)13-15)23-30(28,29)12-6-2-5-11-24-20(26)16-7-3-4-8-17(16)21(24)27/h3-4,7-10,13-14,23,25H,2,5-6,11-12H2,1H3. The van der Waals surface area contributed by atoms with Crippen molar-refractivity contribution in [3.05, 3.63) is 65.0 Å². The van der Waals surface area contributed by atoms with Crippen LogP contribution in [0.3, 0.4) is 0 Å². The van der Waals surface area contributed by atoms with E-state index in [1.165, 1.54) is 17.0 Å². The van der Waals surface area contributed by atoms with Gasteiger partial charge in [0.15, 0.2) is 11.6 Å². The number of rotatable bonds is 9. The van der Waals surface area contributed by atoms with E-state index >= 15 is 0 Å². The lowest BCUT2D eigenvalue weighted by atomic mass is 10.1. The van der Waals surface area contributed by atoms with Crippen LogP contribution in [0.5, 0.6) is 5.75 Å². The highest BCUT2D eigenvalue weighted by Crippen LogP contribution is 2.23. The van der Waals surface area contributed by atoms with Gasteiger partial charge in [-0.15, -0.1) is 0 Å². The van der Waals surface area contributed by atoms with Crippen LogP contribution < -0.4 is 4.72 Å². The maximum Gasteiger partial charge on any atom is 0.261 e. The van der Waals surface area contributed by atoms with Crippen molar-refractivity contribution in [1.29, 1.82) is 0 Å². The van der Waals surface area contributed by atoms with Crippen molar-refractivity contribution in [2.24, 2.45) is 0 Å². The number of benzene rings is 2. The Morgan fingerprint density at radius 3 is 2.27 bits per heavy atom. The Kier molecular flexibility index (Phi) is 6.52. The van der Waals surface area contributed by atoms with Gasteiger partial charge in [-0.1, -0.05) is 24.6 Å². The maximum atomic E-state index is 13.1. The van der Waals surface area contributed by atoms with Crippen LogP contribution in [0, 0.1) is 5.82 Å². The number of nitrogens with one attached hydrogen (secondary N) is 1. The molecule has 30 heavy (non-hydrogen) atoms. The Labute approximate surface area is 174 Å². The predicted molar refractivity (Wildman–Crippen MR) is 109 cm³/mol.